The summed E-state index contributed by atoms with van der Waals surface area (Å²) in [5.74, 6) is 1.12. The Kier molecular flexibility index (Phi) is 2.26. The Hall–Kier alpha value is -1.05. The summed E-state index contributed by atoms with van der Waals surface area (Å²) in [6, 6.07) is 0. The van der Waals surface area contributed by atoms with Gasteiger partial charge in [0.2, 0.25) is 0 Å². The lowest BCUT2D eigenvalue weighted by Gasteiger charge is -1.99. The molecule has 54 valence electrons. The molecule has 0 aliphatic carbocycles. The van der Waals surface area contributed by atoms with Gasteiger partial charge >= 0.3 is 0 Å². The van der Waals surface area contributed by atoms with Crippen LogP contribution in [0, 0.1) is 0 Å². The highest BCUT2D eigenvalue weighted by Gasteiger charge is 1.95. The van der Waals surface area contributed by atoms with Gasteiger partial charge in [0.15, 0.2) is 0 Å². The topological polar surface area (TPSA) is 17.8 Å². The minimum atomic E-state index is 0.864. The summed E-state index contributed by atoms with van der Waals surface area (Å²) in [6.45, 7) is 6.63. The monoisotopic (exact) mass is 136 g/mol. The first kappa shape index (κ1) is 7.06. The first-order chi connectivity index (χ1) is 4.88. The zero-order valence-corrected chi connectivity index (χ0v) is 6.25. The number of aromatic nitrogens is 2. The highest BCUT2D eigenvalue weighted by molar-refractivity contribution is 4.93. The zero-order chi connectivity index (χ0) is 7.40. The van der Waals surface area contributed by atoms with Crippen molar-refractivity contribution in [2.75, 3.05) is 0 Å². The predicted octanol–water partition coefficient (Wildman–Crippen LogP) is 1.63. The fraction of sp³-hybridized carbons (Fsp3) is 0.375. The molecule has 0 aromatic carbocycles. The largest absolute Gasteiger partial charge is 0.331 e. The van der Waals surface area contributed by atoms with E-state index in [0.717, 1.165) is 18.8 Å². The number of hydrogen-bond donors (Lipinski definition) is 0. The summed E-state index contributed by atoms with van der Waals surface area (Å²) in [6.07, 6.45) is 6.66. The van der Waals surface area contributed by atoms with Crippen LogP contribution in [0.5, 0.6) is 0 Å². The van der Waals surface area contributed by atoms with Crippen LogP contribution in [0.1, 0.15) is 12.7 Å². The second-order valence-electron chi connectivity index (χ2n) is 2.14. The summed E-state index contributed by atoms with van der Waals surface area (Å²) < 4.78 is 2.09. The Labute approximate surface area is 61.2 Å². The molecular weight excluding hydrogens is 124 g/mol. The number of imidazole rings is 1. The van der Waals surface area contributed by atoms with Crippen LogP contribution in [0.25, 0.3) is 0 Å². The number of aryl methyl sites for hydroxylation is 1. The van der Waals surface area contributed by atoms with Crippen molar-refractivity contribution in [3.8, 4) is 0 Å². The van der Waals surface area contributed by atoms with Crippen molar-refractivity contribution in [3.63, 3.8) is 0 Å². The van der Waals surface area contributed by atoms with Crippen LogP contribution < -0.4 is 0 Å². The Balaban J connectivity index is 2.79. The van der Waals surface area contributed by atoms with E-state index in [4.69, 9.17) is 0 Å². The second-order valence-corrected chi connectivity index (χ2v) is 2.14. The molecule has 1 aromatic heterocycles. The normalized spacial score (nSPS) is 9.70. The second kappa shape index (κ2) is 3.20. The van der Waals surface area contributed by atoms with E-state index in [9.17, 15) is 0 Å². The van der Waals surface area contributed by atoms with E-state index in [1.54, 1.807) is 0 Å². The van der Waals surface area contributed by atoms with Crippen molar-refractivity contribution in [1.29, 1.82) is 0 Å². The van der Waals surface area contributed by atoms with Crippen molar-refractivity contribution in [2.45, 2.75) is 19.9 Å². The highest BCUT2D eigenvalue weighted by atomic mass is 15.0. The molecule has 0 spiro atoms. The van der Waals surface area contributed by atoms with Crippen LogP contribution in [0.4, 0.5) is 0 Å². The van der Waals surface area contributed by atoms with Gasteiger partial charge in [-0.1, -0.05) is 13.0 Å². The summed E-state index contributed by atoms with van der Waals surface area (Å²) in [5, 5.41) is 0. The van der Waals surface area contributed by atoms with Crippen LogP contribution in [-0.2, 0) is 13.0 Å². The molecule has 0 atom stereocenters. The molecule has 0 aliphatic rings. The van der Waals surface area contributed by atoms with Crippen molar-refractivity contribution < 1.29 is 0 Å². The van der Waals surface area contributed by atoms with E-state index < -0.39 is 0 Å². The average Bonchev–Trinajstić information content (AvgIpc) is 2.36. The Morgan fingerprint density at radius 2 is 2.60 bits per heavy atom. The molecule has 1 heterocycles. The molecule has 0 N–H and O–H groups in total. The highest BCUT2D eigenvalue weighted by Crippen LogP contribution is 1.97. The van der Waals surface area contributed by atoms with Gasteiger partial charge in [0.05, 0.1) is 0 Å². The maximum atomic E-state index is 4.17. The molecule has 1 rings (SSSR count). The van der Waals surface area contributed by atoms with Crippen molar-refractivity contribution in [3.05, 3.63) is 30.9 Å². The van der Waals surface area contributed by atoms with Gasteiger partial charge in [0.1, 0.15) is 5.82 Å². The first-order valence-electron chi connectivity index (χ1n) is 3.49. The van der Waals surface area contributed by atoms with Gasteiger partial charge in [-0.15, -0.1) is 6.58 Å². The zero-order valence-electron chi connectivity index (χ0n) is 6.25. The van der Waals surface area contributed by atoms with E-state index in [1.807, 2.05) is 18.5 Å². The first-order valence-corrected chi connectivity index (χ1v) is 3.49. The molecule has 0 unspecified atom stereocenters. The third kappa shape index (κ3) is 1.26. The Morgan fingerprint density at radius 1 is 1.80 bits per heavy atom. The Bertz CT molecular complexity index is 213. The van der Waals surface area contributed by atoms with Crippen molar-refractivity contribution >= 4 is 0 Å². The lowest BCUT2D eigenvalue weighted by molar-refractivity contribution is 0.748. The fourth-order valence-corrected chi connectivity index (χ4v) is 0.960. The number of hydrogen-bond acceptors (Lipinski definition) is 1. The van der Waals surface area contributed by atoms with E-state index in [-0.39, 0.29) is 0 Å². The molecular formula is C8H12N2. The molecule has 2 heteroatoms. The SMILES string of the molecule is C=CCn1ccnc1CC. The van der Waals surface area contributed by atoms with E-state index in [2.05, 4.69) is 23.1 Å². The van der Waals surface area contributed by atoms with E-state index in [1.165, 1.54) is 0 Å². The van der Waals surface area contributed by atoms with E-state index >= 15 is 0 Å². The summed E-state index contributed by atoms with van der Waals surface area (Å²) in [7, 11) is 0. The number of allylic oxidation sites excluding steroid dienone is 1. The van der Waals surface area contributed by atoms with Gasteiger partial charge in [-0.3, -0.25) is 0 Å². The lowest BCUT2D eigenvalue weighted by Crippen LogP contribution is -1.98. The van der Waals surface area contributed by atoms with Gasteiger partial charge < -0.3 is 4.57 Å². The molecule has 0 fully saturated rings. The molecule has 0 aliphatic heterocycles. The molecule has 0 saturated heterocycles. The maximum Gasteiger partial charge on any atom is 0.108 e. The third-order valence-corrected chi connectivity index (χ3v) is 1.44. The minimum absolute atomic E-state index is 0.864. The molecule has 0 radical (unpaired) electrons. The predicted molar refractivity (Wildman–Crippen MR) is 41.8 cm³/mol. The summed E-state index contributed by atoms with van der Waals surface area (Å²) in [4.78, 5) is 4.17. The summed E-state index contributed by atoms with van der Waals surface area (Å²) in [5.41, 5.74) is 0. The van der Waals surface area contributed by atoms with Gasteiger partial charge in [0, 0.05) is 25.4 Å². The van der Waals surface area contributed by atoms with Gasteiger partial charge in [-0.05, 0) is 0 Å². The molecule has 0 amide bonds. The Morgan fingerprint density at radius 3 is 3.20 bits per heavy atom. The minimum Gasteiger partial charge on any atom is -0.331 e. The van der Waals surface area contributed by atoms with Gasteiger partial charge in [0.25, 0.3) is 0 Å². The molecule has 0 bridgehead atoms. The average molecular weight is 136 g/mol. The third-order valence-electron chi connectivity index (χ3n) is 1.44. The molecule has 1 aromatic rings. The van der Waals surface area contributed by atoms with Gasteiger partial charge in [-0.25, -0.2) is 4.98 Å². The van der Waals surface area contributed by atoms with E-state index in [0.29, 0.717) is 0 Å². The van der Waals surface area contributed by atoms with Crippen LogP contribution in [0.15, 0.2) is 25.0 Å². The summed E-state index contributed by atoms with van der Waals surface area (Å²) >= 11 is 0. The van der Waals surface area contributed by atoms with Crippen LogP contribution in [0.2, 0.25) is 0 Å². The van der Waals surface area contributed by atoms with Gasteiger partial charge in [-0.2, -0.15) is 0 Å². The number of rotatable bonds is 3. The molecule has 2 nitrogen and oxygen atoms in total. The standard InChI is InChI=1S/C8H12N2/c1-3-6-10-7-5-9-8(10)4-2/h3,5,7H,1,4,6H2,2H3. The lowest BCUT2D eigenvalue weighted by atomic mass is 10.4. The maximum absolute atomic E-state index is 4.17. The van der Waals surface area contributed by atoms with Crippen LogP contribution >= 0.6 is 0 Å². The fourth-order valence-electron chi connectivity index (χ4n) is 0.960. The quantitative estimate of drug-likeness (QED) is 0.577. The van der Waals surface area contributed by atoms with Crippen molar-refractivity contribution in [2.24, 2.45) is 0 Å². The smallest absolute Gasteiger partial charge is 0.108 e. The van der Waals surface area contributed by atoms with Crippen LogP contribution in [0.3, 0.4) is 0 Å². The van der Waals surface area contributed by atoms with Crippen LogP contribution in [-0.4, -0.2) is 9.55 Å². The molecule has 0 saturated carbocycles. The number of nitrogens with zero attached hydrogens (tertiary/aromatic N) is 2. The van der Waals surface area contributed by atoms with Crippen molar-refractivity contribution in [1.82, 2.24) is 9.55 Å². The molecule has 10 heavy (non-hydrogen) atoms.